The summed E-state index contributed by atoms with van der Waals surface area (Å²) < 4.78 is 0.873. The average Bonchev–Trinajstić information content (AvgIpc) is 2.79. The number of carboxylic acids is 1. The Bertz CT molecular complexity index is 626. The molecule has 0 bridgehead atoms. The van der Waals surface area contributed by atoms with E-state index in [0.29, 0.717) is 16.2 Å². The third-order valence-electron chi connectivity index (χ3n) is 2.46. The molecule has 1 heterocycles. The van der Waals surface area contributed by atoms with Crippen molar-refractivity contribution in [3.05, 3.63) is 22.7 Å². The van der Waals surface area contributed by atoms with E-state index in [1.807, 2.05) is 0 Å². The molecule has 0 saturated carbocycles. The summed E-state index contributed by atoms with van der Waals surface area (Å²) in [5.74, 6) is -2.95. The van der Waals surface area contributed by atoms with E-state index in [0.717, 1.165) is 4.70 Å². The molecular formula is C11H9ClN2O3S. The van der Waals surface area contributed by atoms with E-state index >= 15 is 0 Å². The van der Waals surface area contributed by atoms with Crippen LogP contribution >= 0.6 is 22.9 Å². The maximum absolute atomic E-state index is 11.7. The molecule has 0 aliphatic heterocycles. The highest BCUT2D eigenvalue weighted by molar-refractivity contribution is 7.16. The molecule has 0 aliphatic carbocycles. The summed E-state index contributed by atoms with van der Waals surface area (Å²) in [5.41, 5.74) is 2.56. The molecule has 1 aromatic heterocycles. The predicted octanol–water partition coefficient (Wildman–Crippen LogP) is 2.61. The summed E-state index contributed by atoms with van der Waals surface area (Å²) in [5, 5.41) is 11.6. The van der Waals surface area contributed by atoms with Crippen LogP contribution in [0.25, 0.3) is 10.2 Å². The quantitative estimate of drug-likeness (QED) is 0.849. The molecule has 2 N–H and O–H groups in total. The zero-order valence-electron chi connectivity index (χ0n) is 9.31. The topological polar surface area (TPSA) is 79.3 Å². The minimum atomic E-state index is -1.19. The third kappa shape index (κ3) is 2.30. The fourth-order valence-corrected chi connectivity index (χ4v) is 2.25. The monoisotopic (exact) mass is 284 g/mol. The van der Waals surface area contributed by atoms with Gasteiger partial charge in [-0.05, 0) is 19.1 Å². The van der Waals surface area contributed by atoms with Crippen LogP contribution in [0, 0.1) is 5.92 Å². The van der Waals surface area contributed by atoms with Gasteiger partial charge in [0.1, 0.15) is 11.4 Å². The lowest BCUT2D eigenvalue weighted by Crippen LogP contribution is -2.27. The van der Waals surface area contributed by atoms with Gasteiger partial charge in [0, 0.05) is 0 Å². The summed E-state index contributed by atoms with van der Waals surface area (Å²) in [4.78, 5) is 26.5. The number of anilines is 1. The number of halogens is 1. The first-order chi connectivity index (χ1) is 8.50. The van der Waals surface area contributed by atoms with Gasteiger partial charge in [-0.1, -0.05) is 11.6 Å². The van der Waals surface area contributed by atoms with Crippen molar-refractivity contribution in [1.29, 1.82) is 0 Å². The summed E-state index contributed by atoms with van der Waals surface area (Å²) in [7, 11) is 0. The SMILES string of the molecule is CC(C(=O)O)C(=O)Nc1c(Cl)ccc2scnc12. The van der Waals surface area contributed by atoms with Crippen LogP contribution in [0.1, 0.15) is 6.92 Å². The Morgan fingerprint density at radius 1 is 1.50 bits per heavy atom. The van der Waals surface area contributed by atoms with Crippen LogP contribution in [-0.2, 0) is 9.59 Å². The minimum Gasteiger partial charge on any atom is -0.481 e. The van der Waals surface area contributed by atoms with Crippen LogP contribution in [-0.4, -0.2) is 22.0 Å². The van der Waals surface area contributed by atoms with E-state index in [-0.39, 0.29) is 0 Å². The molecule has 1 unspecified atom stereocenters. The lowest BCUT2D eigenvalue weighted by atomic mass is 10.1. The van der Waals surface area contributed by atoms with E-state index in [2.05, 4.69) is 10.3 Å². The smallest absolute Gasteiger partial charge is 0.315 e. The zero-order valence-corrected chi connectivity index (χ0v) is 10.9. The van der Waals surface area contributed by atoms with Crippen LogP contribution in [0.5, 0.6) is 0 Å². The zero-order chi connectivity index (χ0) is 13.3. The maximum atomic E-state index is 11.7. The first-order valence-corrected chi connectivity index (χ1v) is 6.32. The normalized spacial score (nSPS) is 12.3. The van der Waals surface area contributed by atoms with Crippen molar-refractivity contribution in [3.63, 3.8) is 0 Å². The van der Waals surface area contributed by atoms with Crippen molar-refractivity contribution < 1.29 is 14.7 Å². The Morgan fingerprint density at radius 2 is 2.22 bits per heavy atom. The number of hydrogen-bond acceptors (Lipinski definition) is 4. The lowest BCUT2D eigenvalue weighted by molar-refractivity contribution is -0.144. The van der Waals surface area contributed by atoms with Crippen molar-refractivity contribution in [2.75, 3.05) is 5.32 Å². The van der Waals surface area contributed by atoms with Crippen LogP contribution in [0.3, 0.4) is 0 Å². The van der Waals surface area contributed by atoms with Crippen molar-refractivity contribution in [2.45, 2.75) is 6.92 Å². The lowest BCUT2D eigenvalue weighted by Gasteiger charge is -2.10. The van der Waals surface area contributed by atoms with E-state index in [1.165, 1.54) is 18.3 Å². The van der Waals surface area contributed by atoms with Crippen molar-refractivity contribution in [2.24, 2.45) is 5.92 Å². The highest BCUT2D eigenvalue weighted by Crippen LogP contribution is 2.32. The fourth-order valence-electron chi connectivity index (χ4n) is 1.37. The molecule has 0 fully saturated rings. The first kappa shape index (κ1) is 12.8. The molecule has 0 aliphatic rings. The van der Waals surface area contributed by atoms with Gasteiger partial charge in [0.25, 0.3) is 0 Å². The van der Waals surface area contributed by atoms with E-state index in [4.69, 9.17) is 16.7 Å². The molecule has 1 atom stereocenters. The molecule has 94 valence electrons. The number of thiazole rings is 1. The largest absolute Gasteiger partial charge is 0.481 e. The molecular weight excluding hydrogens is 276 g/mol. The second-order valence-corrected chi connectivity index (χ2v) is 4.96. The Kier molecular flexibility index (Phi) is 3.49. The Morgan fingerprint density at radius 3 is 2.89 bits per heavy atom. The van der Waals surface area contributed by atoms with Crippen LogP contribution < -0.4 is 5.32 Å². The van der Waals surface area contributed by atoms with Gasteiger partial charge in [-0.3, -0.25) is 9.59 Å². The molecule has 2 aromatic rings. The fraction of sp³-hybridized carbons (Fsp3) is 0.182. The Hall–Kier alpha value is -1.66. The Labute approximate surface area is 111 Å². The number of carbonyl (C=O) groups is 2. The van der Waals surface area contributed by atoms with Gasteiger partial charge in [-0.2, -0.15) is 0 Å². The highest BCUT2D eigenvalue weighted by atomic mass is 35.5. The maximum Gasteiger partial charge on any atom is 0.315 e. The van der Waals surface area contributed by atoms with Gasteiger partial charge in [-0.25, -0.2) is 4.98 Å². The Balaban J connectivity index is 2.37. The number of aromatic nitrogens is 1. The van der Waals surface area contributed by atoms with Gasteiger partial charge >= 0.3 is 5.97 Å². The number of hydrogen-bond donors (Lipinski definition) is 2. The molecule has 0 radical (unpaired) electrons. The molecule has 0 saturated heterocycles. The molecule has 7 heteroatoms. The summed E-state index contributed by atoms with van der Waals surface area (Å²) >= 11 is 7.41. The van der Waals surface area contributed by atoms with Crippen molar-refractivity contribution >= 4 is 50.7 Å². The molecule has 5 nitrogen and oxygen atoms in total. The standard InChI is InChI=1S/C11H9ClN2O3S/c1-5(11(16)17)10(15)14-8-6(12)2-3-7-9(8)13-4-18-7/h2-5H,1H3,(H,14,15)(H,16,17). The van der Waals surface area contributed by atoms with E-state index in [1.54, 1.807) is 17.6 Å². The number of carboxylic acid groups (broad SMARTS) is 1. The summed E-state index contributed by atoms with van der Waals surface area (Å²) in [6, 6.07) is 3.44. The second kappa shape index (κ2) is 4.91. The average molecular weight is 285 g/mol. The number of benzene rings is 1. The summed E-state index contributed by atoms with van der Waals surface area (Å²) in [6.45, 7) is 1.31. The molecule has 2 rings (SSSR count). The van der Waals surface area contributed by atoms with Gasteiger partial charge < -0.3 is 10.4 Å². The number of amides is 1. The predicted molar refractivity (Wildman–Crippen MR) is 70.1 cm³/mol. The number of fused-ring (bicyclic) bond motifs is 1. The summed E-state index contributed by atoms with van der Waals surface area (Å²) in [6.07, 6.45) is 0. The van der Waals surface area contributed by atoms with E-state index < -0.39 is 17.8 Å². The van der Waals surface area contributed by atoms with Crippen molar-refractivity contribution in [3.8, 4) is 0 Å². The number of rotatable bonds is 3. The molecule has 0 spiro atoms. The number of aliphatic carboxylic acids is 1. The molecule has 1 amide bonds. The van der Waals surface area contributed by atoms with E-state index in [9.17, 15) is 9.59 Å². The van der Waals surface area contributed by atoms with Gasteiger partial charge in [0.2, 0.25) is 5.91 Å². The van der Waals surface area contributed by atoms with Crippen LogP contribution in [0.2, 0.25) is 5.02 Å². The van der Waals surface area contributed by atoms with Crippen molar-refractivity contribution in [1.82, 2.24) is 4.98 Å². The van der Waals surface area contributed by atoms with Gasteiger partial charge in [-0.15, -0.1) is 11.3 Å². The molecule has 18 heavy (non-hydrogen) atoms. The first-order valence-electron chi connectivity index (χ1n) is 5.06. The van der Waals surface area contributed by atoms with Gasteiger partial charge in [0.15, 0.2) is 0 Å². The second-order valence-electron chi connectivity index (χ2n) is 3.67. The number of nitrogens with one attached hydrogen (secondary N) is 1. The van der Waals surface area contributed by atoms with Gasteiger partial charge in [0.05, 0.1) is 20.9 Å². The minimum absolute atomic E-state index is 0.333. The number of nitrogens with zero attached hydrogens (tertiary/aromatic N) is 1. The van der Waals surface area contributed by atoms with Crippen LogP contribution in [0.15, 0.2) is 17.6 Å². The molecule has 1 aromatic carbocycles. The third-order valence-corrected chi connectivity index (χ3v) is 3.57. The highest BCUT2D eigenvalue weighted by Gasteiger charge is 2.22. The van der Waals surface area contributed by atoms with Crippen LogP contribution in [0.4, 0.5) is 5.69 Å². The number of carbonyl (C=O) groups excluding carboxylic acids is 1.